The Kier molecular flexibility index (Phi) is 4.21. The number of nitrogens with one attached hydrogen (secondary N) is 1. The minimum Gasteiger partial charge on any atom is -0.355 e. The summed E-state index contributed by atoms with van der Waals surface area (Å²) >= 11 is 0. The van der Waals surface area contributed by atoms with Gasteiger partial charge in [0, 0.05) is 30.4 Å². The number of aryl methyl sites for hydroxylation is 2. The van der Waals surface area contributed by atoms with Gasteiger partial charge < -0.3 is 4.90 Å². The van der Waals surface area contributed by atoms with E-state index in [-0.39, 0.29) is 6.04 Å². The monoisotopic (exact) mass is 358 g/mol. The summed E-state index contributed by atoms with van der Waals surface area (Å²) in [5, 5.41) is 0. The van der Waals surface area contributed by atoms with Crippen molar-refractivity contribution in [3.05, 3.63) is 47.4 Å². The number of nitrogens with zero attached hydrogens (tertiary/aromatic N) is 3. The van der Waals surface area contributed by atoms with E-state index in [1.807, 2.05) is 19.1 Å². The lowest BCUT2D eigenvalue weighted by Gasteiger charge is -2.20. The smallest absolute Gasteiger partial charge is 0.241 e. The highest BCUT2D eigenvalue weighted by molar-refractivity contribution is 7.89. The van der Waals surface area contributed by atoms with Crippen LogP contribution in [0.5, 0.6) is 0 Å². The van der Waals surface area contributed by atoms with Crippen molar-refractivity contribution < 1.29 is 8.42 Å². The standard InChI is InChI=1S/C18H22N4O2S/c1-13-5-2-3-8-17(13)25(23,24)21-14-9-10-22(11-14)18-15-6-4-7-16(15)19-12-20-18/h2-3,5,8,12,14,21H,4,6-7,9-11H2,1H3/t14-/m1/s1. The van der Waals surface area contributed by atoms with Gasteiger partial charge in [-0.1, -0.05) is 18.2 Å². The molecule has 4 rings (SSSR count). The summed E-state index contributed by atoms with van der Waals surface area (Å²) < 4.78 is 28.2. The zero-order chi connectivity index (χ0) is 17.4. The van der Waals surface area contributed by atoms with Gasteiger partial charge in [0.25, 0.3) is 0 Å². The molecule has 2 heterocycles. The predicted octanol–water partition coefficient (Wildman–Crippen LogP) is 1.83. The van der Waals surface area contributed by atoms with E-state index in [1.54, 1.807) is 18.5 Å². The summed E-state index contributed by atoms with van der Waals surface area (Å²) in [6.07, 6.45) is 5.57. The number of aromatic nitrogens is 2. The van der Waals surface area contributed by atoms with Crippen LogP contribution in [0.15, 0.2) is 35.5 Å². The van der Waals surface area contributed by atoms with E-state index in [2.05, 4.69) is 19.6 Å². The van der Waals surface area contributed by atoms with Crippen molar-refractivity contribution in [1.29, 1.82) is 0 Å². The van der Waals surface area contributed by atoms with Crippen molar-refractivity contribution >= 4 is 15.8 Å². The van der Waals surface area contributed by atoms with E-state index in [4.69, 9.17) is 0 Å². The fraction of sp³-hybridized carbons (Fsp3) is 0.444. The highest BCUT2D eigenvalue weighted by atomic mass is 32.2. The molecule has 1 aromatic heterocycles. The molecule has 132 valence electrons. The average Bonchev–Trinajstić information content (AvgIpc) is 3.23. The van der Waals surface area contributed by atoms with Crippen LogP contribution in [0.25, 0.3) is 0 Å². The van der Waals surface area contributed by atoms with Crippen molar-refractivity contribution in [3.8, 4) is 0 Å². The van der Waals surface area contributed by atoms with Crippen LogP contribution in [0.3, 0.4) is 0 Å². The Balaban J connectivity index is 1.50. The van der Waals surface area contributed by atoms with Crippen molar-refractivity contribution in [2.24, 2.45) is 0 Å². The van der Waals surface area contributed by atoms with E-state index in [0.29, 0.717) is 11.4 Å². The molecule has 1 aliphatic carbocycles. The van der Waals surface area contributed by atoms with Crippen molar-refractivity contribution in [3.63, 3.8) is 0 Å². The molecule has 2 aromatic rings. The molecule has 1 N–H and O–H groups in total. The molecule has 7 heteroatoms. The maximum Gasteiger partial charge on any atom is 0.241 e. The number of hydrogen-bond donors (Lipinski definition) is 1. The van der Waals surface area contributed by atoms with Gasteiger partial charge in [-0.3, -0.25) is 0 Å². The van der Waals surface area contributed by atoms with Crippen LogP contribution in [0, 0.1) is 6.92 Å². The summed E-state index contributed by atoms with van der Waals surface area (Å²) in [5.74, 6) is 0.986. The van der Waals surface area contributed by atoms with Gasteiger partial charge in [-0.25, -0.2) is 23.1 Å². The van der Waals surface area contributed by atoms with Gasteiger partial charge in [-0.05, 0) is 44.2 Å². The van der Waals surface area contributed by atoms with E-state index >= 15 is 0 Å². The van der Waals surface area contributed by atoms with Crippen LogP contribution in [-0.2, 0) is 22.9 Å². The molecular weight excluding hydrogens is 336 g/mol. The molecule has 2 aliphatic rings. The van der Waals surface area contributed by atoms with Crippen LogP contribution in [0.2, 0.25) is 0 Å². The van der Waals surface area contributed by atoms with E-state index < -0.39 is 10.0 Å². The molecule has 0 radical (unpaired) electrons. The fourth-order valence-electron chi connectivity index (χ4n) is 3.80. The fourth-order valence-corrected chi connectivity index (χ4v) is 5.31. The van der Waals surface area contributed by atoms with Crippen LogP contribution >= 0.6 is 0 Å². The third kappa shape index (κ3) is 3.14. The minimum atomic E-state index is -3.50. The van der Waals surface area contributed by atoms with Crippen LogP contribution < -0.4 is 9.62 Å². The van der Waals surface area contributed by atoms with Crippen LogP contribution in [0.1, 0.15) is 29.7 Å². The molecule has 1 atom stereocenters. The minimum absolute atomic E-state index is 0.100. The molecule has 1 aliphatic heterocycles. The molecule has 6 nitrogen and oxygen atoms in total. The largest absolute Gasteiger partial charge is 0.355 e. The molecule has 0 spiro atoms. The zero-order valence-electron chi connectivity index (χ0n) is 14.3. The van der Waals surface area contributed by atoms with Gasteiger partial charge in [0.05, 0.1) is 4.90 Å². The van der Waals surface area contributed by atoms with Crippen molar-refractivity contribution in [2.75, 3.05) is 18.0 Å². The second kappa shape index (κ2) is 6.38. The quantitative estimate of drug-likeness (QED) is 0.902. The lowest BCUT2D eigenvalue weighted by Crippen LogP contribution is -2.37. The summed E-state index contributed by atoms with van der Waals surface area (Å²) in [7, 11) is -3.50. The number of hydrogen-bond acceptors (Lipinski definition) is 5. The summed E-state index contributed by atoms with van der Waals surface area (Å²) in [4.78, 5) is 11.4. The average molecular weight is 358 g/mol. The van der Waals surface area contributed by atoms with Crippen molar-refractivity contribution in [1.82, 2.24) is 14.7 Å². The lowest BCUT2D eigenvalue weighted by molar-refractivity contribution is 0.560. The Hall–Kier alpha value is -1.99. The first-order valence-electron chi connectivity index (χ1n) is 8.70. The van der Waals surface area contributed by atoms with Gasteiger partial charge in [0.2, 0.25) is 10.0 Å². The van der Waals surface area contributed by atoms with Crippen LogP contribution in [0.4, 0.5) is 5.82 Å². The topological polar surface area (TPSA) is 75.2 Å². The van der Waals surface area contributed by atoms with Gasteiger partial charge in [0.1, 0.15) is 12.1 Å². The number of anilines is 1. The second-order valence-corrected chi connectivity index (χ2v) is 8.48. The normalized spacial score (nSPS) is 20.0. The second-order valence-electron chi connectivity index (χ2n) is 6.79. The molecule has 0 amide bonds. The number of benzene rings is 1. The van der Waals surface area contributed by atoms with Gasteiger partial charge in [0.15, 0.2) is 0 Å². The summed E-state index contributed by atoms with van der Waals surface area (Å²) in [6, 6.07) is 6.98. The first-order valence-corrected chi connectivity index (χ1v) is 10.2. The number of sulfonamides is 1. The Morgan fingerprint density at radius 3 is 2.88 bits per heavy atom. The van der Waals surface area contributed by atoms with Crippen LogP contribution in [-0.4, -0.2) is 37.5 Å². The Morgan fingerprint density at radius 1 is 1.20 bits per heavy atom. The Morgan fingerprint density at radius 2 is 2.04 bits per heavy atom. The first kappa shape index (κ1) is 16.5. The number of fused-ring (bicyclic) bond motifs is 1. The Labute approximate surface area is 148 Å². The third-order valence-electron chi connectivity index (χ3n) is 5.04. The predicted molar refractivity (Wildman–Crippen MR) is 96.2 cm³/mol. The number of rotatable bonds is 4. The first-order chi connectivity index (χ1) is 12.0. The molecule has 25 heavy (non-hydrogen) atoms. The van der Waals surface area contributed by atoms with E-state index in [1.165, 1.54) is 5.56 Å². The summed E-state index contributed by atoms with van der Waals surface area (Å²) in [5.41, 5.74) is 3.15. The maximum atomic E-state index is 12.7. The maximum absolute atomic E-state index is 12.7. The SMILES string of the molecule is Cc1ccccc1S(=O)(=O)N[C@@H]1CCN(c2ncnc3c2CCC3)C1. The van der Waals surface area contributed by atoms with Crippen molar-refractivity contribution in [2.45, 2.75) is 43.5 Å². The highest BCUT2D eigenvalue weighted by Gasteiger charge is 2.30. The Bertz CT molecular complexity index is 898. The van der Waals surface area contributed by atoms with E-state index in [0.717, 1.165) is 49.3 Å². The highest BCUT2D eigenvalue weighted by Crippen LogP contribution is 2.30. The third-order valence-corrected chi connectivity index (χ3v) is 6.73. The molecule has 1 saturated heterocycles. The molecular formula is C18H22N4O2S. The molecule has 0 saturated carbocycles. The summed E-state index contributed by atoms with van der Waals surface area (Å²) in [6.45, 7) is 3.28. The molecule has 0 unspecified atom stereocenters. The zero-order valence-corrected chi connectivity index (χ0v) is 15.1. The molecule has 0 bridgehead atoms. The molecule has 1 aromatic carbocycles. The molecule has 1 fully saturated rings. The van der Waals surface area contributed by atoms with Gasteiger partial charge >= 0.3 is 0 Å². The van der Waals surface area contributed by atoms with Gasteiger partial charge in [-0.2, -0.15) is 0 Å². The van der Waals surface area contributed by atoms with Gasteiger partial charge in [-0.15, -0.1) is 0 Å². The van der Waals surface area contributed by atoms with E-state index in [9.17, 15) is 8.42 Å². The lowest BCUT2D eigenvalue weighted by atomic mass is 10.2.